The van der Waals surface area contributed by atoms with Crippen LogP contribution in [0.2, 0.25) is 0 Å². The SMILES string of the molecule is O=C(O)c1ccc2c(c1)NC(=O)[C@@H]1CCCN21. The molecule has 2 N–H and O–H groups in total. The molecular formula is C12H12N2O3. The van der Waals surface area contributed by atoms with Gasteiger partial charge >= 0.3 is 5.97 Å². The van der Waals surface area contributed by atoms with Gasteiger partial charge in [-0.15, -0.1) is 0 Å². The fourth-order valence-electron chi connectivity index (χ4n) is 2.56. The highest BCUT2D eigenvalue weighted by Gasteiger charge is 2.36. The molecule has 17 heavy (non-hydrogen) atoms. The zero-order chi connectivity index (χ0) is 12.0. The van der Waals surface area contributed by atoms with Crippen molar-refractivity contribution < 1.29 is 14.7 Å². The van der Waals surface area contributed by atoms with Gasteiger partial charge < -0.3 is 15.3 Å². The fourth-order valence-corrected chi connectivity index (χ4v) is 2.56. The number of carboxylic acid groups (broad SMARTS) is 1. The zero-order valence-electron chi connectivity index (χ0n) is 9.14. The van der Waals surface area contributed by atoms with Crippen LogP contribution in [0, 0.1) is 0 Å². The van der Waals surface area contributed by atoms with Crippen molar-refractivity contribution in [2.24, 2.45) is 0 Å². The van der Waals surface area contributed by atoms with Gasteiger partial charge in [0, 0.05) is 6.54 Å². The Kier molecular flexibility index (Phi) is 2.07. The van der Waals surface area contributed by atoms with E-state index < -0.39 is 5.97 Å². The third-order valence-corrected chi connectivity index (χ3v) is 3.37. The van der Waals surface area contributed by atoms with E-state index in [9.17, 15) is 9.59 Å². The van der Waals surface area contributed by atoms with Crippen LogP contribution < -0.4 is 10.2 Å². The molecule has 1 fully saturated rings. The second-order valence-electron chi connectivity index (χ2n) is 4.38. The molecule has 2 aliphatic rings. The minimum absolute atomic E-state index is 0.0301. The Morgan fingerprint density at radius 3 is 3.06 bits per heavy atom. The molecule has 2 aliphatic heterocycles. The Morgan fingerprint density at radius 2 is 2.29 bits per heavy atom. The summed E-state index contributed by atoms with van der Waals surface area (Å²) in [5.74, 6) is -1.01. The van der Waals surface area contributed by atoms with Crippen LogP contribution >= 0.6 is 0 Å². The maximum atomic E-state index is 11.8. The van der Waals surface area contributed by atoms with Crippen LogP contribution in [0.25, 0.3) is 0 Å². The van der Waals surface area contributed by atoms with E-state index in [4.69, 9.17) is 5.11 Å². The molecule has 1 aromatic carbocycles. The molecule has 1 amide bonds. The number of hydrogen-bond acceptors (Lipinski definition) is 3. The highest BCUT2D eigenvalue weighted by molar-refractivity contribution is 6.05. The number of hydrogen-bond donors (Lipinski definition) is 2. The van der Waals surface area contributed by atoms with Crippen LogP contribution in [0.4, 0.5) is 11.4 Å². The lowest BCUT2D eigenvalue weighted by molar-refractivity contribution is -0.117. The Labute approximate surface area is 98.0 Å². The number of nitrogens with one attached hydrogen (secondary N) is 1. The number of amides is 1. The van der Waals surface area contributed by atoms with Gasteiger partial charge in [0.25, 0.3) is 0 Å². The smallest absolute Gasteiger partial charge is 0.335 e. The number of benzene rings is 1. The number of nitrogens with zero attached hydrogens (tertiary/aromatic N) is 1. The summed E-state index contributed by atoms with van der Waals surface area (Å²) in [5, 5.41) is 11.7. The first-order chi connectivity index (χ1) is 8.16. The lowest BCUT2D eigenvalue weighted by Crippen LogP contribution is -2.43. The van der Waals surface area contributed by atoms with Crippen molar-refractivity contribution in [3.63, 3.8) is 0 Å². The number of fused-ring (bicyclic) bond motifs is 3. The van der Waals surface area contributed by atoms with E-state index in [2.05, 4.69) is 10.2 Å². The summed E-state index contributed by atoms with van der Waals surface area (Å²) in [4.78, 5) is 24.7. The summed E-state index contributed by atoms with van der Waals surface area (Å²) in [6, 6.07) is 4.78. The molecule has 0 unspecified atom stereocenters. The Hall–Kier alpha value is -2.04. The standard InChI is InChI=1S/C12H12N2O3/c15-11-10-2-1-5-14(10)9-4-3-7(12(16)17)6-8(9)13-11/h3-4,6,10H,1-2,5H2,(H,13,15)(H,16,17)/t10-/m0/s1. The summed E-state index contributed by atoms with van der Waals surface area (Å²) >= 11 is 0. The van der Waals surface area contributed by atoms with Gasteiger partial charge in [0.05, 0.1) is 16.9 Å². The van der Waals surface area contributed by atoms with Gasteiger partial charge in [-0.05, 0) is 31.0 Å². The first-order valence-electron chi connectivity index (χ1n) is 5.61. The third kappa shape index (κ3) is 1.46. The highest BCUT2D eigenvalue weighted by Crippen LogP contribution is 2.37. The average molecular weight is 232 g/mol. The molecule has 1 atom stereocenters. The van der Waals surface area contributed by atoms with Gasteiger partial charge in [-0.3, -0.25) is 4.79 Å². The normalized spacial score (nSPS) is 21.8. The number of carboxylic acids is 1. The van der Waals surface area contributed by atoms with Gasteiger partial charge in [-0.25, -0.2) is 4.79 Å². The number of carbonyl (C=O) groups is 2. The molecule has 1 aromatic rings. The van der Waals surface area contributed by atoms with Crippen LogP contribution in [0.15, 0.2) is 18.2 Å². The van der Waals surface area contributed by atoms with Crippen LogP contribution in [-0.4, -0.2) is 29.6 Å². The lowest BCUT2D eigenvalue weighted by atomic mass is 10.1. The first kappa shape index (κ1) is 10.1. The second-order valence-corrected chi connectivity index (χ2v) is 4.38. The summed E-state index contributed by atoms with van der Waals surface area (Å²) in [6.45, 7) is 0.859. The molecule has 5 heteroatoms. The van der Waals surface area contributed by atoms with E-state index in [1.165, 1.54) is 6.07 Å². The van der Waals surface area contributed by atoms with Crippen molar-refractivity contribution in [1.82, 2.24) is 0 Å². The molecule has 0 bridgehead atoms. The summed E-state index contributed by atoms with van der Waals surface area (Å²) < 4.78 is 0. The molecule has 0 aliphatic carbocycles. The van der Waals surface area contributed by atoms with E-state index in [1.807, 2.05) is 0 Å². The Morgan fingerprint density at radius 1 is 1.47 bits per heavy atom. The number of aromatic carboxylic acids is 1. The summed E-state index contributed by atoms with van der Waals surface area (Å²) in [5.41, 5.74) is 1.73. The van der Waals surface area contributed by atoms with Crippen LogP contribution in [0.5, 0.6) is 0 Å². The monoisotopic (exact) mass is 232 g/mol. The molecule has 0 spiro atoms. The summed E-state index contributed by atoms with van der Waals surface area (Å²) in [7, 11) is 0. The topological polar surface area (TPSA) is 69.6 Å². The van der Waals surface area contributed by atoms with E-state index in [0.717, 1.165) is 25.1 Å². The lowest BCUT2D eigenvalue weighted by Gasteiger charge is -2.33. The maximum absolute atomic E-state index is 11.8. The van der Waals surface area contributed by atoms with Gasteiger partial charge in [-0.1, -0.05) is 0 Å². The van der Waals surface area contributed by atoms with Crippen LogP contribution in [-0.2, 0) is 4.79 Å². The minimum atomic E-state index is -0.981. The van der Waals surface area contributed by atoms with Crippen molar-refractivity contribution in [3.05, 3.63) is 23.8 Å². The van der Waals surface area contributed by atoms with E-state index in [1.54, 1.807) is 12.1 Å². The van der Waals surface area contributed by atoms with E-state index >= 15 is 0 Å². The molecule has 5 nitrogen and oxygen atoms in total. The molecule has 3 rings (SSSR count). The molecule has 2 heterocycles. The van der Waals surface area contributed by atoms with Gasteiger partial charge in [0.15, 0.2) is 0 Å². The van der Waals surface area contributed by atoms with Crippen LogP contribution in [0.3, 0.4) is 0 Å². The molecule has 1 saturated heterocycles. The predicted octanol–water partition coefficient (Wildman–Crippen LogP) is 1.31. The molecular weight excluding hydrogens is 220 g/mol. The molecule has 0 radical (unpaired) electrons. The maximum Gasteiger partial charge on any atom is 0.335 e. The zero-order valence-corrected chi connectivity index (χ0v) is 9.14. The molecule has 0 aromatic heterocycles. The molecule has 0 saturated carbocycles. The van der Waals surface area contributed by atoms with Crippen molar-refractivity contribution in [2.45, 2.75) is 18.9 Å². The quantitative estimate of drug-likeness (QED) is 0.765. The minimum Gasteiger partial charge on any atom is -0.478 e. The second kappa shape index (κ2) is 3.48. The fraction of sp³-hybridized carbons (Fsp3) is 0.333. The highest BCUT2D eigenvalue weighted by atomic mass is 16.4. The number of anilines is 2. The first-order valence-corrected chi connectivity index (χ1v) is 5.61. The average Bonchev–Trinajstić information content (AvgIpc) is 2.78. The van der Waals surface area contributed by atoms with Crippen molar-refractivity contribution >= 4 is 23.3 Å². The van der Waals surface area contributed by atoms with Crippen molar-refractivity contribution in [2.75, 3.05) is 16.8 Å². The molecule has 88 valence electrons. The predicted molar refractivity (Wildman–Crippen MR) is 62.4 cm³/mol. The van der Waals surface area contributed by atoms with E-state index in [-0.39, 0.29) is 17.5 Å². The van der Waals surface area contributed by atoms with Gasteiger partial charge in [-0.2, -0.15) is 0 Å². The van der Waals surface area contributed by atoms with Crippen LogP contribution in [0.1, 0.15) is 23.2 Å². The van der Waals surface area contributed by atoms with E-state index in [0.29, 0.717) is 5.69 Å². The number of rotatable bonds is 1. The van der Waals surface area contributed by atoms with Crippen molar-refractivity contribution in [1.29, 1.82) is 0 Å². The Balaban J connectivity index is 2.07. The largest absolute Gasteiger partial charge is 0.478 e. The Bertz CT molecular complexity index is 512. The van der Waals surface area contributed by atoms with Crippen molar-refractivity contribution in [3.8, 4) is 0 Å². The number of carbonyl (C=O) groups excluding carboxylic acids is 1. The third-order valence-electron chi connectivity index (χ3n) is 3.37. The van der Waals surface area contributed by atoms with Gasteiger partial charge in [0.1, 0.15) is 6.04 Å². The summed E-state index contributed by atoms with van der Waals surface area (Å²) in [6.07, 6.45) is 1.87. The van der Waals surface area contributed by atoms with Gasteiger partial charge in [0.2, 0.25) is 5.91 Å².